The topological polar surface area (TPSA) is 112 Å². The van der Waals surface area contributed by atoms with Crippen LogP contribution in [0.5, 0.6) is 0 Å². The first-order valence-electron chi connectivity index (χ1n) is 9.70. The van der Waals surface area contributed by atoms with E-state index in [1.807, 2.05) is 0 Å². The van der Waals surface area contributed by atoms with Gasteiger partial charge in [0.1, 0.15) is 17.0 Å². The summed E-state index contributed by atoms with van der Waals surface area (Å²) in [7, 11) is 1.47. The Bertz CT molecular complexity index is 1520. The number of hydrogen-bond acceptors (Lipinski definition) is 5. The smallest absolute Gasteiger partial charge is 0.433 e. The highest BCUT2D eigenvalue weighted by molar-refractivity contribution is 6.00. The van der Waals surface area contributed by atoms with Crippen LogP contribution in [0.4, 0.5) is 13.2 Å². The molecule has 0 radical (unpaired) electrons. The minimum absolute atomic E-state index is 0.0786. The van der Waals surface area contributed by atoms with Crippen molar-refractivity contribution < 1.29 is 27.6 Å². The number of benzene rings is 1. The Morgan fingerprint density at radius 2 is 1.79 bits per heavy atom. The summed E-state index contributed by atoms with van der Waals surface area (Å²) < 4.78 is 48.5. The van der Waals surface area contributed by atoms with Gasteiger partial charge in [-0.15, -0.1) is 0 Å². The normalized spacial score (nSPS) is 11.9. The van der Waals surface area contributed by atoms with Crippen LogP contribution in [0.1, 0.15) is 28.9 Å². The molecule has 4 rings (SSSR count). The van der Waals surface area contributed by atoms with Crippen molar-refractivity contribution >= 4 is 16.9 Å². The zero-order valence-electron chi connectivity index (χ0n) is 17.6. The third-order valence-corrected chi connectivity index (χ3v) is 5.23. The van der Waals surface area contributed by atoms with Gasteiger partial charge in [-0.3, -0.25) is 14.3 Å². The summed E-state index contributed by atoms with van der Waals surface area (Å²) >= 11 is 0. The highest BCUT2D eigenvalue weighted by Crippen LogP contribution is 2.31. The second-order valence-corrected chi connectivity index (χ2v) is 7.26. The fourth-order valence-electron chi connectivity index (χ4n) is 3.83. The standard InChI is InChI=1S/C21H17F3N4O5/c1-4-27-17-13(9-14(21(22,23)24)25-16(17)20(31)32)18(29)28(27)12-7-5-11(6-8-12)15-10(2)33-26(3)19(15)30/h5-9H,4H2,1-3H3,(H,31,32). The van der Waals surface area contributed by atoms with E-state index in [-0.39, 0.29) is 23.3 Å². The lowest BCUT2D eigenvalue weighted by Gasteiger charge is -2.12. The van der Waals surface area contributed by atoms with E-state index in [1.54, 1.807) is 26.0 Å². The predicted octanol–water partition coefficient (Wildman–Crippen LogP) is 3.19. The molecule has 3 heterocycles. The van der Waals surface area contributed by atoms with E-state index in [0.717, 1.165) is 9.42 Å². The maximum absolute atomic E-state index is 13.3. The van der Waals surface area contributed by atoms with Crippen LogP contribution in [0.2, 0.25) is 0 Å². The first-order valence-corrected chi connectivity index (χ1v) is 9.70. The number of nitrogens with zero attached hydrogens (tertiary/aromatic N) is 4. The van der Waals surface area contributed by atoms with E-state index < -0.39 is 34.5 Å². The molecule has 4 aromatic rings. The molecule has 0 amide bonds. The number of rotatable bonds is 4. The van der Waals surface area contributed by atoms with E-state index in [9.17, 15) is 32.7 Å². The Balaban J connectivity index is 1.97. The van der Waals surface area contributed by atoms with Crippen molar-refractivity contribution in [1.29, 1.82) is 0 Å². The quantitative estimate of drug-likeness (QED) is 0.499. The Morgan fingerprint density at radius 3 is 2.27 bits per heavy atom. The number of aromatic carboxylic acids is 1. The second kappa shape index (κ2) is 7.50. The third-order valence-electron chi connectivity index (χ3n) is 5.23. The number of carboxylic acids is 1. The van der Waals surface area contributed by atoms with Gasteiger partial charge in [-0.25, -0.2) is 14.5 Å². The Kier molecular flexibility index (Phi) is 5.03. The predicted molar refractivity (Wildman–Crippen MR) is 111 cm³/mol. The van der Waals surface area contributed by atoms with Crippen LogP contribution in [0.3, 0.4) is 0 Å². The van der Waals surface area contributed by atoms with Crippen molar-refractivity contribution in [2.45, 2.75) is 26.6 Å². The summed E-state index contributed by atoms with van der Waals surface area (Å²) in [6.45, 7) is 3.32. The van der Waals surface area contributed by atoms with Crippen molar-refractivity contribution in [3.05, 3.63) is 68.2 Å². The third kappa shape index (κ3) is 3.43. The van der Waals surface area contributed by atoms with Crippen molar-refractivity contribution in [2.75, 3.05) is 0 Å². The lowest BCUT2D eigenvalue weighted by molar-refractivity contribution is -0.141. The molecule has 0 bridgehead atoms. The molecule has 0 fully saturated rings. The van der Waals surface area contributed by atoms with Gasteiger partial charge in [-0.05, 0) is 37.6 Å². The molecule has 0 atom stereocenters. The van der Waals surface area contributed by atoms with E-state index in [1.165, 1.54) is 23.9 Å². The van der Waals surface area contributed by atoms with Gasteiger partial charge >= 0.3 is 12.1 Å². The first-order chi connectivity index (χ1) is 15.5. The summed E-state index contributed by atoms with van der Waals surface area (Å²) in [6, 6.07) is 6.70. The van der Waals surface area contributed by atoms with Crippen LogP contribution in [0, 0.1) is 6.92 Å². The number of halogens is 3. The minimum atomic E-state index is -4.93. The van der Waals surface area contributed by atoms with E-state index in [0.29, 0.717) is 23.0 Å². The molecule has 0 aliphatic heterocycles. The molecule has 0 aliphatic carbocycles. The summed E-state index contributed by atoms with van der Waals surface area (Å²) in [4.78, 5) is 40.4. The second-order valence-electron chi connectivity index (χ2n) is 7.26. The van der Waals surface area contributed by atoms with Gasteiger partial charge in [0.05, 0.1) is 16.6 Å². The largest absolute Gasteiger partial charge is 0.476 e. The monoisotopic (exact) mass is 462 g/mol. The molecule has 0 saturated carbocycles. The van der Waals surface area contributed by atoms with Gasteiger partial charge in [0.15, 0.2) is 5.69 Å². The highest BCUT2D eigenvalue weighted by Gasteiger charge is 2.36. The number of aromatic nitrogens is 4. The number of aryl methyl sites for hydroxylation is 3. The molecule has 12 heteroatoms. The lowest BCUT2D eigenvalue weighted by Crippen LogP contribution is -2.21. The summed E-state index contributed by atoms with van der Waals surface area (Å²) in [5.74, 6) is -1.29. The van der Waals surface area contributed by atoms with Crippen LogP contribution in [-0.2, 0) is 19.8 Å². The molecular formula is C21H17F3N4O5. The Labute approximate surface area is 182 Å². The molecule has 0 saturated heterocycles. The molecule has 33 heavy (non-hydrogen) atoms. The van der Waals surface area contributed by atoms with Crippen LogP contribution in [-0.4, -0.2) is 30.2 Å². The van der Waals surface area contributed by atoms with Gasteiger partial charge in [0.25, 0.3) is 11.1 Å². The van der Waals surface area contributed by atoms with Gasteiger partial charge in [-0.2, -0.15) is 17.9 Å². The van der Waals surface area contributed by atoms with Crippen LogP contribution < -0.4 is 11.1 Å². The van der Waals surface area contributed by atoms with Crippen LogP contribution in [0.25, 0.3) is 27.7 Å². The number of carbonyl (C=O) groups is 1. The summed E-state index contributed by atoms with van der Waals surface area (Å²) in [6.07, 6.45) is -4.93. The molecule has 1 aromatic carbocycles. The zero-order valence-corrected chi connectivity index (χ0v) is 17.6. The maximum Gasteiger partial charge on any atom is 0.433 e. The number of alkyl halides is 3. The Hall–Kier alpha value is -4.09. The average Bonchev–Trinajstić information content (AvgIpc) is 3.18. The van der Waals surface area contributed by atoms with Gasteiger partial charge in [-0.1, -0.05) is 12.1 Å². The van der Waals surface area contributed by atoms with Crippen molar-refractivity contribution in [1.82, 2.24) is 19.1 Å². The average molecular weight is 462 g/mol. The van der Waals surface area contributed by atoms with E-state index >= 15 is 0 Å². The van der Waals surface area contributed by atoms with Crippen LogP contribution in [0.15, 0.2) is 44.4 Å². The minimum Gasteiger partial charge on any atom is -0.476 e. The fourth-order valence-corrected chi connectivity index (χ4v) is 3.83. The van der Waals surface area contributed by atoms with Gasteiger partial charge in [0.2, 0.25) is 0 Å². The number of hydrogen-bond donors (Lipinski definition) is 1. The molecule has 0 unspecified atom stereocenters. The molecular weight excluding hydrogens is 445 g/mol. The number of pyridine rings is 1. The number of carboxylic acid groups (broad SMARTS) is 1. The molecule has 9 nitrogen and oxygen atoms in total. The first kappa shape index (κ1) is 22.1. The highest BCUT2D eigenvalue weighted by atomic mass is 19.4. The molecule has 1 N–H and O–H groups in total. The van der Waals surface area contributed by atoms with Crippen molar-refractivity contribution in [3.8, 4) is 16.8 Å². The summed E-state index contributed by atoms with van der Waals surface area (Å²) in [5.41, 5.74) is -2.61. The SMILES string of the molecule is CCn1c2c(C(=O)O)nc(C(F)(F)F)cc2c(=O)n1-c1ccc(-c2c(C)on(C)c2=O)cc1. The molecule has 3 aromatic heterocycles. The lowest BCUT2D eigenvalue weighted by atomic mass is 10.1. The van der Waals surface area contributed by atoms with Gasteiger partial charge < -0.3 is 9.63 Å². The maximum atomic E-state index is 13.3. The van der Waals surface area contributed by atoms with E-state index in [4.69, 9.17) is 4.52 Å². The zero-order chi connectivity index (χ0) is 24.2. The molecule has 0 aliphatic rings. The van der Waals surface area contributed by atoms with Gasteiger partial charge in [0, 0.05) is 13.6 Å². The number of fused-ring (bicyclic) bond motifs is 1. The van der Waals surface area contributed by atoms with Crippen LogP contribution >= 0.6 is 0 Å². The summed E-state index contributed by atoms with van der Waals surface area (Å²) in [5, 5.41) is 9.07. The van der Waals surface area contributed by atoms with Crippen molar-refractivity contribution in [2.24, 2.45) is 7.05 Å². The van der Waals surface area contributed by atoms with E-state index in [2.05, 4.69) is 4.98 Å². The Morgan fingerprint density at radius 1 is 1.15 bits per heavy atom. The molecule has 172 valence electrons. The molecule has 0 spiro atoms. The van der Waals surface area contributed by atoms with Crippen molar-refractivity contribution in [3.63, 3.8) is 0 Å². The fraction of sp³-hybridized carbons (Fsp3) is 0.238.